The summed E-state index contributed by atoms with van der Waals surface area (Å²) in [4.78, 5) is 32.9. The van der Waals surface area contributed by atoms with Crippen LogP contribution in [0.5, 0.6) is 11.5 Å². The van der Waals surface area contributed by atoms with Crippen molar-refractivity contribution >= 4 is 17.5 Å². The number of aromatic nitrogens is 2. The van der Waals surface area contributed by atoms with E-state index < -0.39 is 41.2 Å². The van der Waals surface area contributed by atoms with Crippen LogP contribution in [0.3, 0.4) is 0 Å². The molecule has 0 unspecified atom stereocenters. The summed E-state index contributed by atoms with van der Waals surface area (Å²) in [5.74, 6) is 1.23. The van der Waals surface area contributed by atoms with E-state index in [1.54, 1.807) is 45.7 Å². The van der Waals surface area contributed by atoms with Gasteiger partial charge in [0.2, 0.25) is 0 Å². The lowest BCUT2D eigenvalue weighted by Crippen LogP contribution is -2.41. The number of hydrogen-bond donors (Lipinski definition) is 2. The molecule has 2 N–H and O–H groups in total. The number of anilines is 2. The number of rotatable bonds is 17. The van der Waals surface area contributed by atoms with Gasteiger partial charge in [-0.1, -0.05) is 158 Å². The van der Waals surface area contributed by atoms with Gasteiger partial charge in [0.15, 0.2) is 0 Å². The SMILES string of the molecule is CNc1ccccc1C(=O)OC[C@H]1O[C@@H](n2ccc(NC(c3ccccc3)(c3ccccc3)c3ccc(OC)cc3)nc2=O)C[C@@H]1OC(c1ccccc1)(c1ccccc1)c1ccc(OC)cc1. The van der Waals surface area contributed by atoms with Gasteiger partial charge in [0.25, 0.3) is 0 Å². The Kier molecular flexibility index (Phi) is 13.5. The summed E-state index contributed by atoms with van der Waals surface area (Å²) in [5, 5.41) is 6.78. The van der Waals surface area contributed by atoms with E-state index in [2.05, 4.69) is 39.9 Å². The number of ether oxygens (including phenoxy) is 5. The molecule has 9 rings (SSSR count). The molecular weight excluding hydrogens is 853 g/mol. The monoisotopic (exact) mass is 904 g/mol. The molecule has 2 heterocycles. The number of nitrogens with zero attached hydrogens (tertiary/aromatic N) is 2. The van der Waals surface area contributed by atoms with Gasteiger partial charge in [0.1, 0.15) is 47.4 Å². The Hall–Kier alpha value is -7.99. The Balaban J connectivity index is 1.11. The smallest absolute Gasteiger partial charge is 0.351 e. The van der Waals surface area contributed by atoms with E-state index >= 15 is 0 Å². The minimum Gasteiger partial charge on any atom is -0.497 e. The predicted octanol–water partition coefficient (Wildman–Crippen LogP) is 10.2. The lowest BCUT2D eigenvalue weighted by Gasteiger charge is -2.39. The van der Waals surface area contributed by atoms with E-state index in [0.29, 0.717) is 28.6 Å². The number of nitrogens with one attached hydrogen (secondary N) is 2. The van der Waals surface area contributed by atoms with Crippen LogP contribution in [0.15, 0.2) is 211 Å². The van der Waals surface area contributed by atoms with Crippen LogP contribution in [0.2, 0.25) is 0 Å². The average Bonchev–Trinajstić information content (AvgIpc) is 3.81. The maximum absolute atomic E-state index is 14.5. The van der Waals surface area contributed by atoms with Gasteiger partial charge < -0.3 is 34.3 Å². The number of hydrogen-bond acceptors (Lipinski definition) is 10. The topological polar surface area (TPSA) is 122 Å². The van der Waals surface area contributed by atoms with Gasteiger partial charge >= 0.3 is 11.7 Å². The number of esters is 1. The summed E-state index contributed by atoms with van der Waals surface area (Å²) in [6, 6.07) is 64.7. The highest BCUT2D eigenvalue weighted by molar-refractivity contribution is 5.95. The Morgan fingerprint density at radius 3 is 1.62 bits per heavy atom. The molecule has 0 aliphatic carbocycles. The highest BCUT2D eigenvalue weighted by atomic mass is 16.6. The van der Waals surface area contributed by atoms with Crippen molar-refractivity contribution in [3.8, 4) is 11.5 Å². The van der Waals surface area contributed by atoms with Crippen LogP contribution in [0.25, 0.3) is 0 Å². The van der Waals surface area contributed by atoms with Crippen molar-refractivity contribution in [2.75, 3.05) is 38.5 Å². The molecule has 1 aromatic heterocycles. The minimum absolute atomic E-state index is 0.166. The zero-order valence-corrected chi connectivity index (χ0v) is 38.0. The summed E-state index contributed by atoms with van der Waals surface area (Å²) >= 11 is 0. The summed E-state index contributed by atoms with van der Waals surface area (Å²) in [6.45, 7) is -0.166. The maximum atomic E-state index is 14.5. The van der Waals surface area contributed by atoms with Gasteiger partial charge in [-0.2, -0.15) is 4.98 Å². The van der Waals surface area contributed by atoms with E-state index in [1.165, 1.54) is 4.57 Å². The normalized spacial score (nSPS) is 15.8. The van der Waals surface area contributed by atoms with Crippen LogP contribution in [-0.4, -0.2) is 55.6 Å². The van der Waals surface area contributed by atoms with Crippen LogP contribution < -0.4 is 25.8 Å². The number of methoxy groups -OCH3 is 2. The van der Waals surface area contributed by atoms with Crippen molar-refractivity contribution < 1.29 is 28.5 Å². The van der Waals surface area contributed by atoms with Crippen molar-refractivity contribution in [2.45, 2.75) is 36.0 Å². The van der Waals surface area contributed by atoms with E-state index in [4.69, 9.17) is 23.7 Å². The summed E-state index contributed by atoms with van der Waals surface area (Å²) in [7, 11) is 5.02. The van der Waals surface area contributed by atoms with E-state index in [0.717, 1.165) is 33.4 Å². The van der Waals surface area contributed by atoms with E-state index in [1.807, 2.05) is 158 Å². The zero-order valence-electron chi connectivity index (χ0n) is 38.0. The molecule has 0 bridgehead atoms. The molecular formula is C57H52N4O7. The van der Waals surface area contributed by atoms with Gasteiger partial charge in [-0.3, -0.25) is 4.57 Å². The average molecular weight is 905 g/mol. The largest absolute Gasteiger partial charge is 0.497 e. The second kappa shape index (κ2) is 20.3. The molecule has 3 atom stereocenters. The van der Waals surface area contributed by atoms with Crippen LogP contribution in [-0.2, 0) is 25.4 Å². The van der Waals surface area contributed by atoms with Crippen molar-refractivity contribution in [3.63, 3.8) is 0 Å². The fraction of sp³-hybridized carbons (Fsp3) is 0.175. The molecule has 68 heavy (non-hydrogen) atoms. The number of para-hydroxylation sites is 1. The molecule has 1 aliphatic rings. The molecule has 0 radical (unpaired) electrons. The first-order chi connectivity index (χ1) is 33.4. The van der Waals surface area contributed by atoms with Gasteiger partial charge in [-0.25, -0.2) is 9.59 Å². The molecule has 8 aromatic rings. The molecule has 11 nitrogen and oxygen atoms in total. The summed E-state index contributed by atoms with van der Waals surface area (Å²) in [5.41, 5.74) is 3.66. The number of benzene rings is 7. The maximum Gasteiger partial charge on any atom is 0.351 e. The van der Waals surface area contributed by atoms with Gasteiger partial charge in [0, 0.05) is 25.4 Å². The Morgan fingerprint density at radius 2 is 1.10 bits per heavy atom. The van der Waals surface area contributed by atoms with Crippen molar-refractivity contribution in [2.24, 2.45) is 0 Å². The van der Waals surface area contributed by atoms with Crippen LogP contribution in [0.4, 0.5) is 11.5 Å². The third kappa shape index (κ3) is 8.97. The molecule has 1 saturated heterocycles. The van der Waals surface area contributed by atoms with Crippen LogP contribution in [0, 0.1) is 0 Å². The third-order valence-electron chi connectivity index (χ3n) is 12.6. The molecule has 0 spiro atoms. The van der Waals surface area contributed by atoms with E-state index in [-0.39, 0.29) is 13.0 Å². The highest BCUT2D eigenvalue weighted by Gasteiger charge is 2.47. The lowest BCUT2D eigenvalue weighted by atomic mass is 9.77. The standard InChI is InChI=1S/C57H52N4O7/c1-58-49-27-17-16-26-48(49)54(62)66-39-51-50(68-57(43-22-12-6-13-23-43,44-24-14-7-15-25-44)45-30-34-47(65-3)35-31-45)38-53(67-51)61-37-36-52(59-55(61)63)60-56(40-18-8-4-9-19-40,41-20-10-5-11-21-41)42-28-32-46(64-2)33-29-42/h4-37,50-51,53,58H,38-39H2,1-3H3,(H,59,60,63)/t50-,51+,53+/m0/s1. The third-order valence-corrected chi connectivity index (χ3v) is 12.6. The second-order valence-electron chi connectivity index (χ2n) is 16.4. The fourth-order valence-electron chi connectivity index (χ4n) is 9.19. The second-order valence-corrected chi connectivity index (χ2v) is 16.4. The first kappa shape index (κ1) is 45.2. The zero-order chi connectivity index (χ0) is 46.9. The van der Waals surface area contributed by atoms with E-state index in [9.17, 15) is 9.59 Å². The summed E-state index contributed by atoms with van der Waals surface area (Å²) < 4.78 is 33.0. The first-order valence-electron chi connectivity index (χ1n) is 22.5. The van der Waals surface area contributed by atoms with Crippen molar-refractivity contribution in [1.29, 1.82) is 0 Å². The lowest BCUT2D eigenvalue weighted by molar-refractivity contribution is -0.102. The van der Waals surface area contributed by atoms with Crippen molar-refractivity contribution in [1.82, 2.24) is 9.55 Å². The first-order valence-corrected chi connectivity index (χ1v) is 22.5. The number of carbonyl (C=O) groups is 1. The molecule has 0 amide bonds. The van der Waals surface area contributed by atoms with Crippen molar-refractivity contribution in [3.05, 3.63) is 256 Å². The van der Waals surface area contributed by atoms with Gasteiger partial charge in [-0.15, -0.1) is 0 Å². The van der Waals surface area contributed by atoms with Crippen LogP contribution >= 0.6 is 0 Å². The Labute approximate surface area is 395 Å². The molecule has 0 saturated carbocycles. The molecule has 342 valence electrons. The molecule has 7 aromatic carbocycles. The molecule has 1 aliphatic heterocycles. The van der Waals surface area contributed by atoms with Gasteiger partial charge in [-0.05, 0) is 75.8 Å². The summed E-state index contributed by atoms with van der Waals surface area (Å²) in [6.07, 6.45) is -0.489. The highest BCUT2D eigenvalue weighted by Crippen LogP contribution is 2.46. The number of carbonyl (C=O) groups excluding carboxylic acids is 1. The van der Waals surface area contributed by atoms with Crippen LogP contribution in [0.1, 0.15) is 56.4 Å². The quantitative estimate of drug-likeness (QED) is 0.0675. The Bertz CT molecular complexity index is 2890. The molecule has 11 heteroatoms. The van der Waals surface area contributed by atoms with Gasteiger partial charge in [0.05, 0.1) is 25.9 Å². The predicted molar refractivity (Wildman–Crippen MR) is 263 cm³/mol. The fourth-order valence-corrected chi connectivity index (χ4v) is 9.19. The molecule has 1 fully saturated rings. The Morgan fingerprint density at radius 1 is 0.632 bits per heavy atom. The minimum atomic E-state index is -1.19.